The molecule has 7 nitrogen and oxygen atoms in total. The Kier molecular flexibility index (Phi) is 3.54. The molecule has 116 valence electrons. The number of carbonyl (C=O) groups is 1. The van der Waals surface area contributed by atoms with E-state index in [-0.39, 0.29) is 22.5 Å². The summed E-state index contributed by atoms with van der Waals surface area (Å²) in [5.41, 5.74) is 0. The summed E-state index contributed by atoms with van der Waals surface area (Å²) in [5, 5.41) is 7.96. The van der Waals surface area contributed by atoms with E-state index >= 15 is 0 Å². The molecule has 2 heterocycles. The third-order valence-corrected chi connectivity index (χ3v) is 5.04. The third-order valence-electron chi connectivity index (χ3n) is 4.02. The summed E-state index contributed by atoms with van der Waals surface area (Å²) in [4.78, 5) is 14.4. The van der Waals surface area contributed by atoms with Gasteiger partial charge in [-0.2, -0.15) is 0 Å². The van der Waals surface area contributed by atoms with Gasteiger partial charge in [0.1, 0.15) is 10.7 Å². The summed E-state index contributed by atoms with van der Waals surface area (Å²) < 4.78 is 27.9. The average Bonchev–Trinajstić information content (AvgIpc) is 2.99. The maximum atomic E-state index is 12.1. The number of furan rings is 1. The van der Waals surface area contributed by atoms with Gasteiger partial charge in [0.2, 0.25) is 10.0 Å². The number of likely N-dealkylation sites (tertiary alicyclic amines) is 1. The van der Waals surface area contributed by atoms with Gasteiger partial charge < -0.3 is 9.73 Å². The van der Waals surface area contributed by atoms with Gasteiger partial charge in [-0.15, -0.1) is 0 Å². The molecule has 0 bridgehead atoms. The van der Waals surface area contributed by atoms with Crippen molar-refractivity contribution in [2.45, 2.75) is 43.2 Å². The molecule has 1 saturated carbocycles. The smallest absolute Gasteiger partial charge is 0.287 e. The molecule has 0 spiro atoms. The fourth-order valence-corrected chi connectivity index (χ4v) is 3.51. The van der Waals surface area contributed by atoms with Crippen LogP contribution in [0.3, 0.4) is 0 Å². The minimum absolute atomic E-state index is 0.0126. The molecular weight excluding hydrogens is 294 g/mol. The summed E-state index contributed by atoms with van der Waals surface area (Å²) in [7, 11) is -3.87. The van der Waals surface area contributed by atoms with Crippen molar-refractivity contribution >= 4 is 15.9 Å². The Morgan fingerprint density at radius 1 is 1.43 bits per heavy atom. The van der Waals surface area contributed by atoms with E-state index in [9.17, 15) is 13.2 Å². The maximum absolute atomic E-state index is 12.1. The number of rotatable bonds is 4. The first kappa shape index (κ1) is 14.6. The van der Waals surface area contributed by atoms with Crippen LogP contribution in [0.2, 0.25) is 0 Å². The highest BCUT2D eigenvalue weighted by atomic mass is 32.2. The van der Waals surface area contributed by atoms with Crippen LogP contribution in [0.5, 0.6) is 0 Å². The first-order valence-electron chi connectivity index (χ1n) is 7.03. The van der Waals surface area contributed by atoms with Gasteiger partial charge >= 0.3 is 0 Å². The minimum atomic E-state index is -3.87. The lowest BCUT2D eigenvalue weighted by atomic mass is 10.2. The fourth-order valence-electron chi connectivity index (χ4n) is 2.79. The molecule has 0 aromatic carbocycles. The van der Waals surface area contributed by atoms with E-state index in [4.69, 9.17) is 9.56 Å². The molecule has 0 radical (unpaired) electrons. The lowest BCUT2D eigenvalue weighted by molar-refractivity contribution is 0.0908. The first-order valence-corrected chi connectivity index (χ1v) is 8.57. The summed E-state index contributed by atoms with van der Waals surface area (Å²) >= 11 is 0. The van der Waals surface area contributed by atoms with Gasteiger partial charge in [-0.25, -0.2) is 13.6 Å². The predicted molar refractivity (Wildman–Crippen MR) is 75.3 cm³/mol. The largest absolute Gasteiger partial charge is 0.455 e. The van der Waals surface area contributed by atoms with Gasteiger partial charge in [0.05, 0.1) is 0 Å². The van der Waals surface area contributed by atoms with Gasteiger partial charge in [0.25, 0.3) is 5.91 Å². The number of nitrogens with one attached hydrogen (secondary N) is 1. The zero-order valence-corrected chi connectivity index (χ0v) is 12.6. The van der Waals surface area contributed by atoms with Crippen molar-refractivity contribution in [2.75, 3.05) is 13.1 Å². The number of sulfonamides is 1. The number of primary sulfonamides is 1. The monoisotopic (exact) mass is 313 g/mol. The number of aryl methyl sites for hydroxylation is 1. The number of hydrogen-bond acceptors (Lipinski definition) is 5. The van der Waals surface area contributed by atoms with Crippen LogP contribution in [-0.4, -0.2) is 44.4 Å². The molecule has 3 rings (SSSR count). The highest BCUT2D eigenvalue weighted by Gasteiger charge is 2.35. The summed E-state index contributed by atoms with van der Waals surface area (Å²) in [5.74, 6) is -0.272. The molecule has 3 N–H and O–H groups in total. The van der Waals surface area contributed by atoms with E-state index in [1.807, 2.05) is 0 Å². The predicted octanol–water partition coefficient (Wildman–Crippen LogP) is 0.202. The van der Waals surface area contributed by atoms with E-state index in [0.29, 0.717) is 6.04 Å². The maximum Gasteiger partial charge on any atom is 0.287 e. The van der Waals surface area contributed by atoms with Gasteiger partial charge in [-0.1, -0.05) is 0 Å². The van der Waals surface area contributed by atoms with Gasteiger partial charge in [-0.3, -0.25) is 9.69 Å². The average molecular weight is 313 g/mol. The van der Waals surface area contributed by atoms with Crippen molar-refractivity contribution in [3.05, 3.63) is 17.6 Å². The minimum Gasteiger partial charge on any atom is -0.455 e. The molecule has 1 aliphatic heterocycles. The second-order valence-electron chi connectivity index (χ2n) is 5.76. The normalized spacial score (nSPS) is 23.4. The van der Waals surface area contributed by atoms with E-state index in [1.165, 1.54) is 25.8 Å². The Morgan fingerprint density at radius 3 is 2.71 bits per heavy atom. The van der Waals surface area contributed by atoms with Crippen LogP contribution in [0.4, 0.5) is 0 Å². The summed E-state index contributed by atoms with van der Waals surface area (Å²) in [6, 6.07) is 1.96. The number of nitrogens with two attached hydrogens (primary N) is 1. The Balaban J connectivity index is 1.66. The Morgan fingerprint density at radius 2 is 2.14 bits per heavy atom. The second kappa shape index (κ2) is 5.11. The SMILES string of the molecule is Cc1oc(C(=O)NC2CCN(C3CC3)C2)cc1S(N)(=O)=O. The van der Waals surface area contributed by atoms with E-state index < -0.39 is 15.9 Å². The standard InChI is InChI=1S/C13H19N3O4S/c1-8-12(21(14,18)19)6-11(20-8)13(17)15-9-4-5-16(7-9)10-2-3-10/h6,9-10H,2-5,7H2,1H3,(H,15,17)(H2,14,18,19). The highest BCUT2D eigenvalue weighted by Crippen LogP contribution is 2.30. The van der Waals surface area contributed by atoms with Crippen molar-refractivity contribution in [2.24, 2.45) is 5.14 Å². The van der Waals surface area contributed by atoms with Crippen LogP contribution in [0, 0.1) is 6.92 Å². The van der Waals surface area contributed by atoms with E-state index in [2.05, 4.69) is 10.2 Å². The van der Waals surface area contributed by atoms with Crippen molar-refractivity contribution < 1.29 is 17.6 Å². The second-order valence-corrected chi connectivity index (χ2v) is 7.29. The third kappa shape index (κ3) is 3.12. The van der Waals surface area contributed by atoms with E-state index in [1.54, 1.807) is 0 Å². The first-order chi connectivity index (χ1) is 9.84. The molecule has 1 aliphatic carbocycles. The molecule has 8 heteroatoms. The molecule has 1 saturated heterocycles. The summed E-state index contributed by atoms with van der Waals surface area (Å²) in [6.07, 6.45) is 3.40. The van der Waals surface area contributed by atoms with E-state index in [0.717, 1.165) is 19.5 Å². The van der Waals surface area contributed by atoms with Gasteiger partial charge in [0, 0.05) is 31.2 Å². The quantitative estimate of drug-likeness (QED) is 0.826. The van der Waals surface area contributed by atoms with Crippen LogP contribution < -0.4 is 10.5 Å². The summed E-state index contributed by atoms with van der Waals surface area (Å²) in [6.45, 7) is 3.31. The number of nitrogens with zero attached hydrogens (tertiary/aromatic N) is 1. The van der Waals surface area contributed by atoms with Crippen LogP contribution in [0.1, 0.15) is 35.6 Å². The molecule has 1 amide bonds. The molecule has 2 aliphatic rings. The van der Waals surface area contributed by atoms with Crippen molar-refractivity contribution in [3.8, 4) is 0 Å². The molecule has 1 aromatic heterocycles. The topological polar surface area (TPSA) is 106 Å². The Labute approximate surface area is 123 Å². The Bertz CT molecular complexity index is 663. The van der Waals surface area contributed by atoms with Crippen LogP contribution in [-0.2, 0) is 10.0 Å². The van der Waals surface area contributed by atoms with Crippen molar-refractivity contribution in [1.29, 1.82) is 0 Å². The van der Waals surface area contributed by atoms with Crippen molar-refractivity contribution in [1.82, 2.24) is 10.2 Å². The highest BCUT2D eigenvalue weighted by molar-refractivity contribution is 7.89. The molecular formula is C13H19N3O4S. The molecule has 1 aromatic rings. The van der Waals surface area contributed by atoms with Crippen LogP contribution in [0.15, 0.2) is 15.4 Å². The Hall–Kier alpha value is -1.38. The molecule has 2 fully saturated rings. The number of carbonyl (C=O) groups excluding carboxylic acids is 1. The lowest BCUT2D eigenvalue weighted by Crippen LogP contribution is -2.37. The molecule has 21 heavy (non-hydrogen) atoms. The number of amides is 1. The zero-order chi connectivity index (χ0) is 15.2. The lowest BCUT2D eigenvalue weighted by Gasteiger charge is -2.15. The van der Waals surface area contributed by atoms with Gasteiger partial charge in [0.15, 0.2) is 5.76 Å². The van der Waals surface area contributed by atoms with Crippen LogP contribution in [0.25, 0.3) is 0 Å². The number of hydrogen-bond donors (Lipinski definition) is 2. The fraction of sp³-hybridized carbons (Fsp3) is 0.615. The van der Waals surface area contributed by atoms with Gasteiger partial charge in [-0.05, 0) is 26.2 Å². The van der Waals surface area contributed by atoms with Crippen molar-refractivity contribution in [3.63, 3.8) is 0 Å². The molecule has 1 atom stereocenters. The zero-order valence-electron chi connectivity index (χ0n) is 11.8. The molecule has 1 unspecified atom stereocenters. The van der Waals surface area contributed by atoms with Crippen LogP contribution >= 0.6 is 0 Å².